The van der Waals surface area contributed by atoms with Crippen LogP contribution in [0.3, 0.4) is 0 Å². The van der Waals surface area contributed by atoms with E-state index in [9.17, 15) is 4.79 Å². The molecule has 10 heteroatoms. The van der Waals surface area contributed by atoms with Gasteiger partial charge in [0.05, 0.1) is 25.8 Å². The number of nitrogens with zero attached hydrogens (tertiary/aromatic N) is 6. The number of aromatic nitrogens is 5. The zero-order valence-electron chi connectivity index (χ0n) is 20.4. The highest BCUT2D eigenvalue weighted by atomic mass is 16.5. The second kappa shape index (κ2) is 9.23. The fraction of sp³-hybridized carbons (Fsp3) is 0.600. The monoisotopic (exact) mass is 479 g/mol. The molecule has 1 N–H and O–H groups in total. The van der Waals surface area contributed by atoms with Gasteiger partial charge in [0, 0.05) is 42.7 Å². The van der Waals surface area contributed by atoms with Gasteiger partial charge in [-0.2, -0.15) is 0 Å². The molecule has 1 aliphatic carbocycles. The van der Waals surface area contributed by atoms with E-state index in [0.29, 0.717) is 34.7 Å². The molecule has 3 fully saturated rings. The van der Waals surface area contributed by atoms with Gasteiger partial charge in [0.1, 0.15) is 6.04 Å². The SMILES string of the molecule is COc1cc2cc(C(c3nnnn3C3CCCC3)N3CCN4CCCC4C3)c(=O)[nH]c2cc1OC. The van der Waals surface area contributed by atoms with Crippen molar-refractivity contribution in [3.63, 3.8) is 0 Å². The Morgan fingerprint density at radius 1 is 0.971 bits per heavy atom. The third-order valence-electron chi connectivity index (χ3n) is 8.09. The molecule has 2 aromatic heterocycles. The van der Waals surface area contributed by atoms with Crippen LogP contribution in [-0.4, -0.2) is 81.4 Å². The van der Waals surface area contributed by atoms with Crippen molar-refractivity contribution in [1.29, 1.82) is 0 Å². The Balaban J connectivity index is 1.48. The molecule has 35 heavy (non-hydrogen) atoms. The van der Waals surface area contributed by atoms with E-state index in [-0.39, 0.29) is 11.6 Å². The van der Waals surface area contributed by atoms with Crippen LogP contribution in [-0.2, 0) is 0 Å². The van der Waals surface area contributed by atoms with Crippen LogP contribution in [0.25, 0.3) is 10.9 Å². The van der Waals surface area contributed by atoms with Crippen molar-refractivity contribution in [2.75, 3.05) is 40.4 Å². The van der Waals surface area contributed by atoms with Gasteiger partial charge in [-0.3, -0.25) is 14.6 Å². The third kappa shape index (κ3) is 3.98. The maximum atomic E-state index is 13.6. The lowest BCUT2D eigenvalue weighted by molar-refractivity contribution is 0.0783. The van der Waals surface area contributed by atoms with E-state index in [1.54, 1.807) is 14.2 Å². The Kier molecular flexibility index (Phi) is 5.93. The summed E-state index contributed by atoms with van der Waals surface area (Å²) in [6.07, 6.45) is 6.96. The first-order valence-electron chi connectivity index (χ1n) is 12.7. The lowest BCUT2D eigenvalue weighted by Gasteiger charge is -2.41. The second-order valence-corrected chi connectivity index (χ2v) is 10.00. The van der Waals surface area contributed by atoms with Crippen LogP contribution in [0, 0.1) is 0 Å². The normalized spacial score (nSPS) is 22.5. The second-order valence-electron chi connectivity index (χ2n) is 10.00. The lowest BCUT2D eigenvalue weighted by atomic mass is 10.0. The van der Waals surface area contributed by atoms with Gasteiger partial charge in [0.25, 0.3) is 5.56 Å². The fourth-order valence-electron chi connectivity index (χ4n) is 6.29. The van der Waals surface area contributed by atoms with Crippen molar-refractivity contribution in [3.8, 4) is 11.5 Å². The molecule has 0 amide bonds. The number of nitrogens with one attached hydrogen (secondary N) is 1. The number of piperazine rings is 1. The lowest BCUT2D eigenvalue weighted by Crippen LogP contribution is -2.52. The first-order chi connectivity index (χ1) is 17.2. The van der Waals surface area contributed by atoms with Gasteiger partial charge in [-0.15, -0.1) is 5.10 Å². The molecule has 0 radical (unpaired) electrons. The van der Waals surface area contributed by atoms with Gasteiger partial charge in [0.15, 0.2) is 17.3 Å². The van der Waals surface area contributed by atoms with Crippen molar-refractivity contribution in [3.05, 3.63) is 39.9 Å². The summed E-state index contributed by atoms with van der Waals surface area (Å²) in [6.45, 7) is 3.96. The van der Waals surface area contributed by atoms with Gasteiger partial charge in [-0.1, -0.05) is 12.8 Å². The summed E-state index contributed by atoms with van der Waals surface area (Å²) in [5, 5.41) is 13.9. The van der Waals surface area contributed by atoms with Gasteiger partial charge in [-0.25, -0.2) is 4.68 Å². The van der Waals surface area contributed by atoms with E-state index in [2.05, 4.69) is 30.3 Å². The largest absolute Gasteiger partial charge is 0.493 e. The predicted molar refractivity (Wildman–Crippen MR) is 131 cm³/mol. The van der Waals surface area contributed by atoms with E-state index in [1.807, 2.05) is 22.9 Å². The van der Waals surface area contributed by atoms with Crippen LogP contribution < -0.4 is 15.0 Å². The zero-order chi connectivity index (χ0) is 23.9. The molecule has 0 spiro atoms. The molecule has 2 aliphatic heterocycles. The molecular formula is C25H33N7O3. The minimum Gasteiger partial charge on any atom is -0.493 e. The quantitative estimate of drug-likeness (QED) is 0.576. The molecular weight excluding hydrogens is 446 g/mol. The highest BCUT2D eigenvalue weighted by molar-refractivity contribution is 5.83. The number of methoxy groups -OCH3 is 2. The Bertz CT molecular complexity index is 1270. The van der Waals surface area contributed by atoms with Crippen molar-refractivity contribution in [2.24, 2.45) is 0 Å². The van der Waals surface area contributed by atoms with E-state index < -0.39 is 0 Å². The average Bonchev–Trinajstić information content (AvgIpc) is 3.65. The van der Waals surface area contributed by atoms with Crippen molar-refractivity contribution < 1.29 is 9.47 Å². The molecule has 1 aromatic carbocycles. The topological polar surface area (TPSA) is 101 Å². The number of pyridine rings is 1. The third-order valence-corrected chi connectivity index (χ3v) is 8.09. The number of tetrazole rings is 1. The van der Waals surface area contributed by atoms with Gasteiger partial charge >= 0.3 is 0 Å². The summed E-state index contributed by atoms with van der Waals surface area (Å²) in [7, 11) is 3.22. The van der Waals surface area contributed by atoms with Gasteiger partial charge in [-0.05, 0) is 54.8 Å². The van der Waals surface area contributed by atoms with Gasteiger partial charge < -0.3 is 14.5 Å². The van der Waals surface area contributed by atoms with Crippen molar-refractivity contribution in [1.82, 2.24) is 35.0 Å². The van der Waals surface area contributed by atoms with Crippen LogP contribution in [0.5, 0.6) is 11.5 Å². The molecule has 2 atom stereocenters. The molecule has 2 saturated heterocycles. The smallest absolute Gasteiger partial charge is 0.253 e. The van der Waals surface area contributed by atoms with Gasteiger partial charge in [0.2, 0.25) is 0 Å². The zero-order valence-corrected chi connectivity index (χ0v) is 20.4. The molecule has 4 heterocycles. The van der Waals surface area contributed by atoms with Crippen LogP contribution in [0.2, 0.25) is 0 Å². The van der Waals surface area contributed by atoms with E-state index >= 15 is 0 Å². The minimum absolute atomic E-state index is 0.121. The summed E-state index contributed by atoms with van der Waals surface area (Å²) in [5.74, 6) is 1.99. The van der Waals surface area contributed by atoms with Crippen molar-refractivity contribution in [2.45, 2.75) is 56.7 Å². The molecule has 10 nitrogen and oxygen atoms in total. The number of ether oxygens (including phenoxy) is 2. The van der Waals surface area contributed by atoms with E-state index in [1.165, 1.54) is 32.2 Å². The Labute approximate surface area is 204 Å². The number of hydrogen-bond acceptors (Lipinski definition) is 8. The minimum atomic E-state index is -0.311. The maximum Gasteiger partial charge on any atom is 0.253 e. The summed E-state index contributed by atoms with van der Waals surface area (Å²) in [6, 6.07) is 6.21. The van der Waals surface area contributed by atoms with E-state index in [4.69, 9.17) is 9.47 Å². The molecule has 3 aliphatic rings. The summed E-state index contributed by atoms with van der Waals surface area (Å²) in [5.41, 5.74) is 1.26. The Morgan fingerprint density at radius 2 is 1.74 bits per heavy atom. The fourth-order valence-corrected chi connectivity index (χ4v) is 6.29. The highest BCUT2D eigenvalue weighted by Crippen LogP contribution is 2.37. The Hall–Kier alpha value is -2.98. The molecule has 186 valence electrons. The summed E-state index contributed by atoms with van der Waals surface area (Å²) in [4.78, 5) is 21.7. The number of benzene rings is 1. The molecule has 2 unspecified atom stereocenters. The van der Waals surface area contributed by atoms with Crippen molar-refractivity contribution >= 4 is 10.9 Å². The summed E-state index contributed by atoms with van der Waals surface area (Å²) < 4.78 is 13.0. The number of fused-ring (bicyclic) bond motifs is 2. The Morgan fingerprint density at radius 3 is 2.54 bits per heavy atom. The highest BCUT2D eigenvalue weighted by Gasteiger charge is 2.38. The van der Waals surface area contributed by atoms with Crippen LogP contribution in [0.1, 0.15) is 62.0 Å². The molecule has 1 saturated carbocycles. The van der Waals surface area contributed by atoms with Crippen LogP contribution >= 0.6 is 0 Å². The summed E-state index contributed by atoms with van der Waals surface area (Å²) >= 11 is 0. The number of hydrogen-bond donors (Lipinski definition) is 1. The van der Waals surface area contributed by atoms with E-state index in [0.717, 1.165) is 43.7 Å². The number of H-pyrrole nitrogens is 1. The number of rotatable bonds is 6. The molecule has 6 rings (SSSR count). The first kappa shape index (κ1) is 22.5. The standard InChI is InChI=1S/C25H33N7O3/c1-34-21-13-16-12-19(25(33)26-20(16)14-22(21)35-2)23(31-11-10-30-9-5-8-18(30)15-31)24-27-28-29-32(24)17-6-3-4-7-17/h12-14,17-18,23H,3-11,15H2,1-2H3,(H,26,33). The van der Waals surface area contributed by atoms with Crippen LogP contribution in [0.4, 0.5) is 0 Å². The van der Waals surface area contributed by atoms with Crippen LogP contribution in [0.15, 0.2) is 23.0 Å². The molecule has 0 bridgehead atoms. The maximum absolute atomic E-state index is 13.6. The number of aromatic amines is 1. The predicted octanol–water partition coefficient (Wildman–Crippen LogP) is 2.52. The average molecular weight is 480 g/mol. The molecule has 3 aromatic rings. The first-order valence-corrected chi connectivity index (χ1v) is 12.7.